The minimum Gasteiger partial charge on any atom is -0.304 e. The summed E-state index contributed by atoms with van der Waals surface area (Å²) < 4.78 is 29.7. The van der Waals surface area contributed by atoms with Crippen LogP contribution < -0.4 is 5.32 Å². The summed E-state index contributed by atoms with van der Waals surface area (Å²) in [5.41, 5.74) is 2.12. The van der Waals surface area contributed by atoms with Crippen molar-refractivity contribution in [2.24, 2.45) is 35.5 Å². The van der Waals surface area contributed by atoms with Crippen LogP contribution in [0.3, 0.4) is 0 Å². The lowest BCUT2D eigenvalue weighted by Gasteiger charge is -2.44. The highest BCUT2D eigenvalue weighted by atomic mass is 31.2. The monoisotopic (exact) mass is 567 g/mol. The molecule has 222 valence electrons. The van der Waals surface area contributed by atoms with Gasteiger partial charge in [-0.25, -0.2) is 0 Å². The molecule has 0 heterocycles. The second-order valence-electron chi connectivity index (χ2n) is 13.6. The van der Waals surface area contributed by atoms with Crippen LogP contribution in [0, 0.1) is 35.5 Å². The molecule has 4 nitrogen and oxygen atoms in total. The molecule has 2 aliphatic rings. The molecule has 8 atom stereocenters. The molecule has 0 amide bonds. The highest BCUT2D eigenvalue weighted by molar-refractivity contribution is 7.54. The van der Waals surface area contributed by atoms with E-state index in [1.54, 1.807) is 0 Å². The molecule has 40 heavy (non-hydrogen) atoms. The third-order valence-electron chi connectivity index (χ3n) is 9.63. The van der Waals surface area contributed by atoms with Gasteiger partial charge in [0.2, 0.25) is 0 Å². The molecule has 0 bridgehead atoms. The van der Waals surface area contributed by atoms with Gasteiger partial charge in [-0.3, -0.25) is 9.88 Å². The number of rotatable bonds is 11. The van der Waals surface area contributed by atoms with Crippen molar-refractivity contribution in [3.05, 3.63) is 71.8 Å². The molecule has 0 unspecified atom stereocenters. The van der Waals surface area contributed by atoms with E-state index in [9.17, 15) is 0 Å². The van der Waals surface area contributed by atoms with E-state index in [1.807, 2.05) is 24.3 Å². The lowest BCUT2D eigenvalue weighted by molar-refractivity contribution is -0.00718. The predicted octanol–water partition coefficient (Wildman–Crippen LogP) is 10.2. The van der Waals surface area contributed by atoms with Gasteiger partial charge in [-0.1, -0.05) is 115 Å². The molecule has 5 heteroatoms. The summed E-state index contributed by atoms with van der Waals surface area (Å²) in [4.78, 5) is 0. The molecule has 2 aromatic rings. The van der Waals surface area contributed by atoms with E-state index < -0.39 is 13.4 Å². The van der Waals surface area contributed by atoms with Crippen LogP contribution in [-0.4, -0.2) is 12.2 Å². The Labute approximate surface area is 244 Å². The van der Waals surface area contributed by atoms with Gasteiger partial charge < -0.3 is 9.05 Å². The number of hydrogen-bond acceptors (Lipinski definition) is 4. The Hall–Kier alpha value is -1.45. The lowest BCUT2D eigenvalue weighted by Crippen LogP contribution is -2.38. The van der Waals surface area contributed by atoms with Crippen LogP contribution in [0.2, 0.25) is 0 Å². The summed E-state index contributed by atoms with van der Waals surface area (Å²) in [7, 11) is -3.68. The van der Waals surface area contributed by atoms with Crippen LogP contribution in [0.1, 0.15) is 110 Å². The van der Waals surface area contributed by atoms with Crippen molar-refractivity contribution in [2.45, 2.75) is 111 Å². The number of hydrogen-bond donors (Lipinski definition) is 1. The van der Waals surface area contributed by atoms with E-state index in [-0.39, 0.29) is 18.2 Å². The van der Waals surface area contributed by atoms with Crippen molar-refractivity contribution in [2.75, 3.05) is 0 Å². The van der Waals surface area contributed by atoms with Crippen molar-refractivity contribution in [1.82, 2.24) is 5.32 Å². The minimum atomic E-state index is -3.68. The SMILES string of the molecule is CC(C)[C@@H]1CC[C@@H](C)C[C@H]1OP(=O)(O[C@@H]1C[C@H](C)CC[C@H]1C(C)C)[C@@H](N[C@H](C)c1ccccc1)c1ccccc1. The first kappa shape index (κ1) is 31.5. The van der Waals surface area contributed by atoms with Gasteiger partial charge in [-0.15, -0.1) is 0 Å². The molecule has 1 N–H and O–H groups in total. The average Bonchev–Trinajstić information content (AvgIpc) is 2.92. The lowest BCUT2D eigenvalue weighted by atomic mass is 9.75. The van der Waals surface area contributed by atoms with Crippen LogP contribution in [-0.2, 0) is 13.6 Å². The fourth-order valence-corrected chi connectivity index (χ4v) is 9.55. The van der Waals surface area contributed by atoms with Crippen LogP contribution >= 0.6 is 7.60 Å². The molecule has 0 saturated heterocycles. The zero-order valence-electron chi connectivity index (χ0n) is 26.0. The van der Waals surface area contributed by atoms with Gasteiger partial charge in [0.15, 0.2) is 0 Å². The summed E-state index contributed by atoms with van der Waals surface area (Å²) in [6.45, 7) is 15.9. The second-order valence-corrected chi connectivity index (χ2v) is 15.6. The third kappa shape index (κ3) is 7.88. The van der Waals surface area contributed by atoms with E-state index in [2.05, 4.69) is 90.2 Å². The minimum absolute atomic E-state index is 0.0238. The van der Waals surface area contributed by atoms with Crippen LogP contribution in [0.5, 0.6) is 0 Å². The van der Waals surface area contributed by atoms with E-state index in [1.165, 1.54) is 12.8 Å². The van der Waals surface area contributed by atoms with Gasteiger partial charge in [0, 0.05) is 6.04 Å². The summed E-state index contributed by atoms with van der Waals surface area (Å²) in [6, 6.07) is 20.6. The maximum Gasteiger partial charge on any atom is 0.352 e. The fourth-order valence-electron chi connectivity index (χ4n) is 7.08. The molecule has 0 spiro atoms. The van der Waals surface area contributed by atoms with Gasteiger partial charge in [-0.05, 0) is 79.2 Å². The van der Waals surface area contributed by atoms with Gasteiger partial charge in [0.05, 0.1) is 12.2 Å². The first-order chi connectivity index (χ1) is 19.1. The third-order valence-corrected chi connectivity index (χ3v) is 11.8. The van der Waals surface area contributed by atoms with Gasteiger partial charge in [0.1, 0.15) is 5.78 Å². The predicted molar refractivity (Wildman–Crippen MR) is 167 cm³/mol. The first-order valence-electron chi connectivity index (χ1n) is 15.9. The molecule has 0 radical (unpaired) electrons. The van der Waals surface area contributed by atoms with Crippen molar-refractivity contribution in [1.29, 1.82) is 0 Å². The Balaban J connectivity index is 1.76. The van der Waals surface area contributed by atoms with Crippen molar-refractivity contribution < 1.29 is 13.6 Å². The van der Waals surface area contributed by atoms with Gasteiger partial charge >= 0.3 is 7.60 Å². The molecule has 4 rings (SSSR count). The Morgan fingerprint density at radius 1 is 0.675 bits per heavy atom. The molecule has 2 aliphatic carbocycles. The molecule has 2 aromatic carbocycles. The molecule has 2 saturated carbocycles. The average molecular weight is 568 g/mol. The fraction of sp³-hybridized carbons (Fsp3) is 0.657. The Kier molecular flexibility index (Phi) is 11.1. The van der Waals surface area contributed by atoms with Gasteiger partial charge in [0.25, 0.3) is 0 Å². The summed E-state index contributed by atoms with van der Waals surface area (Å²) >= 11 is 0. The smallest absolute Gasteiger partial charge is 0.304 e. The zero-order valence-corrected chi connectivity index (χ0v) is 26.9. The topological polar surface area (TPSA) is 47.6 Å². The first-order valence-corrected chi connectivity index (χ1v) is 17.5. The normalized spacial score (nSPS) is 29.4. The Morgan fingerprint density at radius 3 is 1.52 bits per heavy atom. The molecular formula is C35H54NO3P. The Bertz CT molecular complexity index is 1040. The van der Waals surface area contributed by atoms with Crippen molar-refractivity contribution >= 4 is 7.60 Å². The van der Waals surface area contributed by atoms with Crippen LogP contribution in [0.25, 0.3) is 0 Å². The number of benzene rings is 2. The molecule has 0 aromatic heterocycles. The maximum atomic E-state index is 15.7. The Morgan fingerprint density at radius 2 is 1.10 bits per heavy atom. The van der Waals surface area contributed by atoms with Gasteiger partial charge in [-0.2, -0.15) is 0 Å². The summed E-state index contributed by atoms with van der Waals surface area (Å²) in [5, 5.41) is 3.77. The maximum absolute atomic E-state index is 15.7. The highest BCUT2D eigenvalue weighted by Gasteiger charge is 2.47. The summed E-state index contributed by atoms with van der Waals surface area (Å²) in [6.07, 6.45) is 6.34. The zero-order chi connectivity index (χ0) is 28.9. The quantitative estimate of drug-likeness (QED) is 0.274. The summed E-state index contributed by atoms with van der Waals surface area (Å²) in [5.74, 6) is 2.24. The van der Waals surface area contributed by atoms with E-state index in [4.69, 9.17) is 9.05 Å². The standard InChI is InChI=1S/C35H54NO3P/c1-24(2)31-20-18-26(5)22-33(31)38-40(37,39-34-23-27(6)19-21-32(34)25(3)4)35(30-16-12-9-13-17-30)36-28(7)29-14-10-8-11-15-29/h8-17,24-28,31-36H,18-23H2,1-7H3/t26-,27-,28-,31+,32+,33-,34-,35-/m1/s1. The molecular weight excluding hydrogens is 513 g/mol. The van der Waals surface area contributed by atoms with Crippen LogP contribution in [0.4, 0.5) is 0 Å². The highest BCUT2D eigenvalue weighted by Crippen LogP contribution is 2.64. The van der Waals surface area contributed by atoms with E-state index in [0.29, 0.717) is 35.5 Å². The van der Waals surface area contributed by atoms with E-state index >= 15 is 4.57 Å². The van der Waals surface area contributed by atoms with Crippen molar-refractivity contribution in [3.63, 3.8) is 0 Å². The number of nitrogens with one attached hydrogen (secondary N) is 1. The van der Waals surface area contributed by atoms with E-state index in [0.717, 1.165) is 36.8 Å². The molecule has 0 aliphatic heterocycles. The van der Waals surface area contributed by atoms with Crippen molar-refractivity contribution in [3.8, 4) is 0 Å². The van der Waals surface area contributed by atoms with Crippen LogP contribution in [0.15, 0.2) is 60.7 Å². The largest absolute Gasteiger partial charge is 0.352 e. The molecule has 2 fully saturated rings. The second kappa shape index (κ2) is 14.1.